The van der Waals surface area contributed by atoms with Crippen molar-refractivity contribution in [3.63, 3.8) is 0 Å². The number of carbonyl (C=O) groups excluding carboxylic acids is 2. The normalized spacial score (nSPS) is 20.8. The van der Waals surface area contributed by atoms with Gasteiger partial charge in [0.1, 0.15) is 12.1 Å². The second-order valence-corrected chi connectivity index (χ2v) is 9.43. The summed E-state index contributed by atoms with van der Waals surface area (Å²) in [6.07, 6.45) is 1.57. The van der Waals surface area contributed by atoms with Crippen molar-refractivity contribution in [3.8, 4) is 0 Å². The molecule has 1 fully saturated rings. The molecule has 174 valence electrons. The molecule has 4 atom stereocenters. The van der Waals surface area contributed by atoms with Gasteiger partial charge in [-0.3, -0.25) is 9.59 Å². The summed E-state index contributed by atoms with van der Waals surface area (Å²) in [4.78, 5) is 27.3. The van der Waals surface area contributed by atoms with Gasteiger partial charge in [-0.1, -0.05) is 56.3 Å². The smallest absolute Gasteiger partial charge is 0.248 e. The van der Waals surface area contributed by atoms with Crippen LogP contribution in [0.2, 0.25) is 0 Å². The highest BCUT2D eigenvalue weighted by Crippen LogP contribution is 2.34. The van der Waals surface area contributed by atoms with Gasteiger partial charge in [-0.2, -0.15) is 0 Å². The number of nitrogens with one attached hydrogen (secondary N) is 1. The fraction of sp³-hybridized carbons (Fsp3) is 0.565. The summed E-state index contributed by atoms with van der Waals surface area (Å²) in [5.41, 5.74) is 1.01. The van der Waals surface area contributed by atoms with E-state index in [2.05, 4.69) is 15.6 Å². The minimum atomic E-state index is -0.743. The molecule has 0 bridgehead atoms. The lowest BCUT2D eigenvalue weighted by atomic mass is 9.85. The molecule has 1 saturated heterocycles. The van der Waals surface area contributed by atoms with Crippen molar-refractivity contribution in [2.45, 2.75) is 64.3 Å². The van der Waals surface area contributed by atoms with E-state index in [1.165, 1.54) is 16.6 Å². The van der Waals surface area contributed by atoms with Gasteiger partial charge < -0.3 is 20.4 Å². The quantitative estimate of drug-likeness (QED) is 0.592. The van der Waals surface area contributed by atoms with E-state index in [-0.39, 0.29) is 24.8 Å². The van der Waals surface area contributed by atoms with Crippen LogP contribution < -0.4 is 5.32 Å². The molecule has 1 aliphatic rings. The van der Waals surface area contributed by atoms with Crippen LogP contribution in [0.15, 0.2) is 36.5 Å². The van der Waals surface area contributed by atoms with Crippen molar-refractivity contribution in [1.29, 1.82) is 0 Å². The third-order valence-corrected chi connectivity index (χ3v) is 5.85. The molecule has 32 heavy (non-hydrogen) atoms. The summed E-state index contributed by atoms with van der Waals surface area (Å²) in [7, 11) is 1.52. The Kier molecular flexibility index (Phi) is 7.30. The van der Waals surface area contributed by atoms with E-state index in [0.29, 0.717) is 18.5 Å². The number of amides is 2. The van der Waals surface area contributed by atoms with Gasteiger partial charge in [0.2, 0.25) is 11.8 Å². The van der Waals surface area contributed by atoms with Crippen molar-refractivity contribution in [2.75, 3.05) is 13.6 Å². The molecule has 0 saturated carbocycles. The number of β-amino-alcohol motifs (C(OH)–C–C–N with tert-alkyl or cyclic N) is 1. The van der Waals surface area contributed by atoms with Crippen molar-refractivity contribution >= 4 is 11.8 Å². The molecule has 1 aromatic heterocycles. The molecule has 0 aliphatic carbocycles. The molecule has 2 heterocycles. The predicted octanol–water partition coefficient (Wildman–Crippen LogP) is 1.24. The molecule has 3 rings (SSSR count). The number of aryl methyl sites for hydroxylation is 1. The number of aromatic nitrogens is 3. The molecule has 2 aromatic rings. The van der Waals surface area contributed by atoms with Crippen LogP contribution in [0.5, 0.6) is 0 Å². The van der Waals surface area contributed by atoms with Crippen LogP contribution in [-0.2, 0) is 16.0 Å². The van der Waals surface area contributed by atoms with Crippen LogP contribution in [0.3, 0.4) is 0 Å². The Morgan fingerprint density at radius 2 is 1.94 bits per heavy atom. The first-order valence-corrected chi connectivity index (χ1v) is 11.0. The zero-order valence-corrected chi connectivity index (χ0v) is 19.1. The summed E-state index contributed by atoms with van der Waals surface area (Å²) < 4.78 is 1.54. The molecule has 4 unspecified atom stereocenters. The van der Waals surface area contributed by atoms with Crippen LogP contribution >= 0.6 is 0 Å². The maximum Gasteiger partial charge on any atom is 0.248 e. The number of nitrogens with zero attached hydrogens (tertiary/aromatic N) is 4. The number of carbonyl (C=O) groups is 2. The number of hydrogen-bond acceptors (Lipinski definition) is 6. The average Bonchev–Trinajstić information content (AvgIpc) is 3.37. The van der Waals surface area contributed by atoms with Gasteiger partial charge in [0.15, 0.2) is 0 Å². The Morgan fingerprint density at radius 3 is 2.56 bits per heavy atom. The highest BCUT2D eigenvalue weighted by atomic mass is 16.3. The SMILES string of the molecule is CNC(=O)C1CC(O)CN1C(=O)C(n1cc(CCC(O)c2ccccc2)nn1)C(C)(C)C. The lowest BCUT2D eigenvalue weighted by Gasteiger charge is -2.34. The number of benzene rings is 1. The first-order chi connectivity index (χ1) is 15.1. The molecule has 3 N–H and O–H groups in total. The molecule has 2 amide bonds. The Morgan fingerprint density at radius 1 is 1.25 bits per heavy atom. The van der Waals surface area contributed by atoms with Gasteiger partial charge in [-0.15, -0.1) is 5.10 Å². The monoisotopic (exact) mass is 443 g/mol. The molecule has 9 nitrogen and oxygen atoms in total. The fourth-order valence-electron chi connectivity index (χ4n) is 4.19. The molecule has 0 radical (unpaired) electrons. The molecule has 1 aromatic carbocycles. The van der Waals surface area contributed by atoms with E-state index < -0.39 is 29.7 Å². The van der Waals surface area contributed by atoms with Gasteiger partial charge in [0.05, 0.1) is 17.9 Å². The van der Waals surface area contributed by atoms with Gasteiger partial charge in [0, 0.05) is 26.2 Å². The molecular formula is C23H33N5O4. The number of likely N-dealkylation sites (tertiary alicyclic amines) is 1. The number of aliphatic hydroxyl groups excluding tert-OH is 2. The first-order valence-electron chi connectivity index (χ1n) is 11.0. The summed E-state index contributed by atoms with van der Waals surface area (Å²) in [5.74, 6) is -0.569. The van der Waals surface area contributed by atoms with E-state index in [1.807, 2.05) is 51.1 Å². The number of likely N-dealkylation sites (N-methyl/N-ethyl adjacent to an activating group) is 1. The Bertz CT molecular complexity index is 924. The van der Waals surface area contributed by atoms with E-state index in [4.69, 9.17) is 0 Å². The average molecular weight is 444 g/mol. The number of rotatable bonds is 7. The standard InChI is InChI=1S/C23H33N5O4/c1-23(2,3)20(22(32)27-14-17(29)12-18(27)21(31)24-4)28-13-16(25-26-28)10-11-19(30)15-8-6-5-7-9-15/h5-9,13,17-20,29-30H,10-12,14H2,1-4H3,(H,24,31). The second-order valence-electron chi connectivity index (χ2n) is 9.43. The zero-order chi connectivity index (χ0) is 23.5. The maximum atomic E-state index is 13.5. The van der Waals surface area contributed by atoms with E-state index in [0.717, 1.165) is 5.56 Å². The van der Waals surface area contributed by atoms with Crippen molar-refractivity contribution < 1.29 is 19.8 Å². The Balaban J connectivity index is 1.76. The topological polar surface area (TPSA) is 121 Å². The van der Waals surface area contributed by atoms with Crippen LogP contribution in [0.1, 0.15) is 57.0 Å². The van der Waals surface area contributed by atoms with Crippen LogP contribution in [0.25, 0.3) is 0 Å². The lowest BCUT2D eigenvalue weighted by Crippen LogP contribution is -2.49. The van der Waals surface area contributed by atoms with Crippen molar-refractivity contribution in [1.82, 2.24) is 25.2 Å². The summed E-state index contributed by atoms with van der Waals surface area (Å²) >= 11 is 0. The summed E-state index contributed by atoms with van der Waals surface area (Å²) in [5, 5.41) is 31.5. The zero-order valence-electron chi connectivity index (χ0n) is 19.1. The third kappa shape index (κ3) is 5.34. The maximum absolute atomic E-state index is 13.5. The highest BCUT2D eigenvalue weighted by molar-refractivity contribution is 5.90. The second kappa shape index (κ2) is 9.79. The molecule has 0 spiro atoms. The minimum Gasteiger partial charge on any atom is -0.391 e. The van der Waals surface area contributed by atoms with E-state index in [1.54, 1.807) is 6.20 Å². The highest BCUT2D eigenvalue weighted by Gasteiger charge is 2.44. The lowest BCUT2D eigenvalue weighted by molar-refractivity contribution is -0.144. The number of hydrogen-bond donors (Lipinski definition) is 3. The first kappa shape index (κ1) is 23.9. The fourth-order valence-corrected chi connectivity index (χ4v) is 4.19. The van der Waals surface area contributed by atoms with Crippen molar-refractivity contribution in [3.05, 3.63) is 47.8 Å². The summed E-state index contributed by atoms with van der Waals surface area (Å²) in [6, 6.07) is 8.02. The molecular weight excluding hydrogens is 410 g/mol. The largest absolute Gasteiger partial charge is 0.391 e. The van der Waals surface area contributed by atoms with E-state index >= 15 is 0 Å². The molecule has 9 heteroatoms. The van der Waals surface area contributed by atoms with Gasteiger partial charge in [0.25, 0.3) is 0 Å². The molecule has 1 aliphatic heterocycles. The minimum absolute atomic E-state index is 0.105. The van der Waals surface area contributed by atoms with Gasteiger partial charge in [-0.25, -0.2) is 4.68 Å². The third-order valence-electron chi connectivity index (χ3n) is 5.85. The van der Waals surface area contributed by atoms with Crippen LogP contribution in [-0.4, -0.2) is 67.7 Å². The number of aliphatic hydroxyl groups is 2. The van der Waals surface area contributed by atoms with Crippen LogP contribution in [0.4, 0.5) is 0 Å². The predicted molar refractivity (Wildman–Crippen MR) is 118 cm³/mol. The van der Waals surface area contributed by atoms with Crippen LogP contribution in [0, 0.1) is 5.41 Å². The van der Waals surface area contributed by atoms with Crippen molar-refractivity contribution in [2.24, 2.45) is 5.41 Å². The van der Waals surface area contributed by atoms with Gasteiger partial charge >= 0.3 is 0 Å². The Labute approximate surface area is 188 Å². The van der Waals surface area contributed by atoms with Gasteiger partial charge in [-0.05, 0) is 23.8 Å². The Hall–Kier alpha value is -2.78. The van der Waals surface area contributed by atoms with E-state index in [9.17, 15) is 19.8 Å². The summed E-state index contributed by atoms with van der Waals surface area (Å²) in [6.45, 7) is 5.89.